The highest BCUT2D eigenvalue weighted by molar-refractivity contribution is 5.99. The molecular weight excluding hydrogens is 295 g/mol. The Morgan fingerprint density at radius 1 is 1.13 bits per heavy atom. The van der Waals surface area contributed by atoms with Gasteiger partial charge < -0.3 is 10.6 Å². The van der Waals surface area contributed by atoms with Crippen molar-refractivity contribution < 1.29 is 4.39 Å². The van der Waals surface area contributed by atoms with Gasteiger partial charge in [0, 0.05) is 25.7 Å². The van der Waals surface area contributed by atoms with E-state index in [1.807, 2.05) is 0 Å². The number of benzene rings is 1. The van der Waals surface area contributed by atoms with E-state index in [4.69, 9.17) is 5.73 Å². The van der Waals surface area contributed by atoms with Crippen molar-refractivity contribution in [3.8, 4) is 11.3 Å². The van der Waals surface area contributed by atoms with Gasteiger partial charge in [-0.3, -0.25) is 4.68 Å². The number of anilines is 2. The number of fused-ring (bicyclic) bond motifs is 1. The molecule has 0 aliphatic carbocycles. The zero-order valence-corrected chi connectivity index (χ0v) is 12.8. The predicted molar refractivity (Wildman–Crippen MR) is 87.6 cm³/mol. The van der Waals surface area contributed by atoms with Gasteiger partial charge >= 0.3 is 0 Å². The zero-order valence-electron chi connectivity index (χ0n) is 12.8. The van der Waals surface area contributed by atoms with E-state index in [9.17, 15) is 4.39 Å². The molecular formula is C16H17FN6. The van der Waals surface area contributed by atoms with Gasteiger partial charge in [-0.05, 0) is 25.0 Å². The molecule has 0 amide bonds. The molecule has 3 aromatic rings. The lowest BCUT2D eigenvalue weighted by Gasteiger charge is -2.16. The molecule has 2 N–H and O–H groups in total. The maximum atomic E-state index is 14.3. The number of rotatable bonds is 2. The first-order valence-corrected chi connectivity index (χ1v) is 7.65. The summed E-state index contributed by atoms with van der Waals surface area (Å²) in [5, 5.41) is 4.95. The predicted octanol–water partition coefficient (Wildman–Crippen LogP) is 2.35. The molecule has 1 fully saturated rings. The van der Waals surface area contributed by atoms with E-state index < -0.39 is 0 Å². The lowest BCUT2D eigenvalue weighted by Crippen LogP contribution is -2.20. The van der Waals surface area contributed by atoms with Gasteiger partial charge in [0.25, 0.3) is 0 Å². The summed E-state index contributed by atoms with van der Waals surface area (Å²) in [4.78, 5) is 11.3. The van der Waals surface area contributed by atoms with Gasteiger partial charge in [0.1, 0.15) is 11.6 Å². The second-order valence-electron chi connectivity index (χ2n) is 5.75. The summed E-state index contributed by atoms with van der Waals surface area (Å²) < 4.78 is 15.9. The molecule has 1 aliphatic rings. The summed E-state index contributed by atoms with van der Waals surface area (Å²) in [6, 6.07) is 6.57. The van der Waals surface area contributed by atoms with Crippen molar-refractivity contribution in [1.82, 2.24) is 19.7 Å². The monoisotopic (exact) mass is 312 g/mol. The van der Waals surface area contributed by atoms with Crippen LogP contribution < -0.4 is 10.6 Å². The highest BCUT2D eigenvalue weighted by Crippen LogP contribution is 2.33. The third kappa shape index (κ3) is 2.19. The number of hydrogen-bond donors (Lipinski definition) is 1. The van der Waals surface area contributed by atoms with Crippen LogP contribution in [-0.2, 0) is 7.05 Å². The van der Waals surface area contributed by atoms with Crippen LogP contribution in [0.15, 0.2) is 24.3 Å². The van der Waals surface area contributed by atoms with Crippen molar-refractivity contribution in [1.29, 1.82) is 0 Å². The third-order valence-corrected chi connectivity index (χ3v) is 4.25. The Balaban J connectivity index is 2.01. The van der Waals surface area contributed by atoms with Crippen LogP contribution in [0.1, 0.15) is 12.8 Å². The number of halogens is 1. The van der Waals surface area contributed by atoms with Gasteiger partial charge in [-0.25, -0.2) is 9.37 Å². The van der Waals surface area contributed by atoms with Gasteiger partial charge in [-0.15, -0.1) is 0 Å². The smallest absolute Gasteiger partial charge is 0.228 e. The molecule has 2 aromatic heterocycles. The second kappa shape index (κ2) is 5.19. The van der Waals surface area contributed by atoms with Gasteiger partial charge in [0.2, 0.25) is 5.95 Å². The first-order chi connectivity index (χ1) is 11.1. The Morgan fingerprint density at radius 3 is 2.61 bits per heavy atom. The Hall–Kier alpha value is -2.70. The molecule has 4 rings (SSSR count). The summed E-state index contributed by atoms with van der Waals surface area (Å²) in [7, 11) is 1.75. The van der Waals surface area contributed by atoms with Crippen molar-refractivity contribution in [2.75, 3.05) is 23.7 Å². The number of aryl methyl sites for hydroxylation is 1. The van der Waals surface area contributed by atoms with Crippen LogP contribution in [0.4, 0.5) is 16.2 Å². The fourth-order valence-corrected chi connectivity index (χ4v) is 3.01. The minimum atomic E-state index is -0.330. The molecule has 0 bridgehead atoms. The van der Waals surface area contributed by atoms with Crippen LogP contribution in [0.25, 0.3) is 22.3 Å². The lowest BCUT2D eigenvalue weighted by molar-refractivity contribution is 0.631. The summed E-state index contributed by atoms with van der Waals surface area (Å²) in [6.45, 7) is 1.81. The number of nitrogens with two attached hydrogens (primary N) is 1. The molecule has 3 heterocycles. The van der Waals surface area contributed by atoms with Crippen LogP contribution in [0.3, 0.4) is 0 Å². The molecule has 0 spiro atoms. The fraction of sp³-hybridized carbons (Fsp3) is 0.312. The van der Waals surface area contributed by atoms with Crippen LogP contribution in [0.5, 0.6) is 0 Å². The molecule has 0 unspecified atom stereocenters. The van der Waals surface area contributed by atoms with Crippen molar-refractivity contribution >= 4 is 22.8 Å². The molecule has 6 nitrogen and oxygen atoms in total. The minimum absolute atomic E-state index is 0.330. The van der Waals surface area contributed by atoms with E-state index in [0.717, 1.165) is 25.9 Å². The topological polar surface area (TPSA) is 72.9 Å². The van der Waals surface area contributed by atoms with Gasteiger partial charge in [-0.1, -0.05) is 12.1 Å². The van der Waals surface area contributed by atoms with Crippen LogP contribution >= 0.6 is 0 Å². The van der Waals surface area contributed by atoms with E-state index >= 15 is 0 Å². The van der Waals surface area contributed by atoms with Gasteiger partial charge in [0.05, 0.1) is 11.1 Å². The highest BCUT2D eigenvalue weighted by Gasteiger charge is 2.22. The SMILES string of the molecule is Cn1nc2nc(N3CCCC3)nc(-c3ccccc3F)c2c1N. The maximum Gasteiger partial charge on any atom is 0.228 e. The molecule has 0 radical (unpaired) electrons. The lowest BCUT2D eigenvalue weighted by atomic mass is 10.1. The molecule has 7 heteroatoms. The van der Waals surface area contributed by atoms with E-state index in [1.165, 1.54) is 6.07 Å². The van der Waals surface area contributed by atoms with E-state index in [2.05, 4.69) is 20.0 Å². The summed E-state index contributed by atoms with van der Waals surface area (Å²) >= 11 is 0. The van der Waals surface area contributed by atoms with Crippen LogP contribution in [0.2, 0.25) is 0 Å². The van der Waals surface area contributed by atoms with E-state index in [-0.39, 0.29) is 5.82 Å². The largest absolute Gasteiger partial charge is 0.383 e. The first kappa shape index (κ1) is 13.9. The molecule has 1 aliphatic heterocycles. The molecule has 1 saturated heterocycles. The van der Waals surface area contributed by atoms with Crippen molar-refractivity contribution in [2.24, 2.45) is 7.05 Å². The van der Waals surface area contributed by atoms with Gasteiger partial charge in [-0.2, -0.15) is 10.1 Å². The minimum Gasteiger partial charge on any atom is -0.383 e. The quantitative estimate of drug-likeness (QED) is 0.786. The Bertz CT molecular complexity index is 882. The zero-order chi connectivity index (χ0) is 16.0. The Kier molecular flexibility index (Phi) is 3.14. The summed E-state index contributed by atoms with van der Waals surface area (Å²) in [6.07, 6.45) is 2.22. The van der Waals surface area contributed by atoms with E-state index in [0.29, 0.717) is 34.1 Å². The average Bonchev–Trinajstić information content (AvgIpc) is 3.16. The van der Waals surface area contributed by atoms with Crippen molar-refractivity contribution in [3.05, 3.63) is 30.1 Å². The number of nitrogens with zero attached hydrogens (tertiary/aromatic N) is 5. The number of hydrogen-bond acceptors (Lipinski definition) is 5. The Morgan fingerprint density at radius 2 is 1.87 bits per heavy atom. The van der Waals surface area contributed by atoms with E-state index in [1.54, 1.807) is 29.9 Å². The highest BCUT2D eigenvalue weighted by atomic mass is 19.1. The number of aromatic nitrogens is 4. The average molecular weight is 312 g/mol. The van der Waals surface area contributed by atoms with Crippen molar-refractivity contribution in [3.63, 3.8) is 0 Å². The first-order valence-electron chi connectivity index (χ1n) is 7.65. The standard InChI is InChI=1S/C16H17FN6/c1-22-14(18)12-13(10-6-2-3-7-11(10)17)19-16(20-15(12)21-22)23-8-4-5-9-23/h2-3,6-7H,4-5,8-9,18H2,1H3. The molecule has 23 heavy (non-hydrogen) atoms. The molecule has 1 aromatic carbocycles. The normalized spacial score (nSPS) is 14.8. The summed E-state index contributed by atoms with van der Waals surface area (Å²) in [5.74, 6) is 0.695. The third-order valence-electron chi connectivity index (χ3n) is 4.25. The molecule has 0 saturated carbocycles. The molecule has 118 valence electrons. The fourth-order valence-electron chi connectivity index (χ4n) is 3.01. The van der Waals surface area contributed by atoms with Gasteiger partial charge in [0.15, 0.2) is 5.65 Å². The second-order valence-corrected chi connectivity index (χ2v) is 5.75. The Labute approximate surface area is 132 Å². The summed E-state index contributed by atoms with van der Waals surface area (Å²) in [5.41, 5.74) is 7.53. The molecule has 0 atom stereocenters. The van der Waals surface area contributed by atoms with Crippen LogP contribution in [-0.4, -0.2) is 32.8 Å². The number of nitrogen functional groups attached to an aromatic ring is 1. The van der Waals surface area contributed by atoms with Crippen molar-refractivity contribution in [2.45, 2.75) is 12.8 Å². The van der Waals surface area contributed by atoms with Crippen LogP contribution in [0, 0.1) is 5.82 Å². The maximum absolute atomic E-state index is 14.3.